The molecule has 1 unspecified atom stereocenters. The second-order valence-electron chi connectivity index (χ2n) is 16.2. The van der Waals surface area contributed by atoms with E-state index in [0.29, 0.717) is 17.6 Å². The molecule has 0 radical (unpaired) electrons. The Morgan fingerprint density at radius 2 is 1.05 bits per heavy atom. The molecule has 0 fully saturated rings. The van der Waals surface area contributed by atoms with Crippen LogP contribution in [0.4, 0.5) is 0 Å². The molecule has 0 saturated heterocycles. The van der Waals surface area contributed by atoms with E-state index in [9.17, 15) is 0 Å². The van der Waals surface area contributed by atoms with Gasteiger partial charge in [0.2, 0.25) is 0 Å². The van der Waals surface area contributed by atoms with E-state index in [1.165, 1.54) is 11.1 Å². The van der Waals surface area contributed by atoms with Crippen molar-refractivity contribution in [1.29, 1.82) is 0 Å². The van der Waals surface area contributed by atoms with Crippen molar-refractivity contribution in [2.75, 3.05) is 0 Å². The maximum absolute atomic E-state index is 5.26. The molecular formula is C57H43N5. The molecular weight excluding hydrogens is 755 g/mol. The normalized spacial score (nSPS) is 16.4. The molecule has 4 aliphatic carbocycles. The maximum Gasteiger partial charge on any atom is 0.164 e. The summed E-state index contributed by atoms with van der Waals surface area (Å²) < 4.78 is 0. The summed E-state index contributed by atoms with van der Waals surface area (Å²) in [5.74, 6) is 3.36. The third-order valence-corrected chi connectivity index (χ3v) is 12.0. The van der Waals surface area contributed by atoms with Crippen molar-refractivity contribution in [1.82, 2.24) is 24.9 Å². The van der Waals surface area contributed by atoms with Crippen LogP contribution in [-0.4, -0.2) is 24.9 Å². The fourth-order valence-electron chi connectivity index (χ4n) is 8.78. The monoisotopic (exact) mass is 797 g/mol. The first-order valence-electron chi connectivity index (χ1n) is 21.6. The van der Waals surface area contributed by atoms with E-state index in [0.717, 1.165) is 116 Å². The van der Waals surface area contributed by atoms with E-state index in [1.807, 2.05) is 6.07 Å². The van der Waals surface area contributed by atoms with Crippen molar-refractivity contribution in [3.63, 3.8) is 0 Å². The van der Waals surface area contributed by atoms with E-state index < -0.39 is 0 Å². The highest BCUT2D eigenvalue weighted by molar-refractivity contribution is 5.93. The van der Waals surface area contributed by atoms with Crippen molar-refractivity contribution < 1.29 is 0 Å². The van der Waals surface area contributed by atoms with Gasteiger partial charge in [-0.3, -0.25) is 0 Å². The Morgan fingerprint density at radius 1 is 0.435 bits per heavy atom. The van der Waals surface area contributed by atoms with Crippen LogP contribution in [0.25, 0.3) is 84.1 Å². The highest BCUT2D eigenvalue weighted by Gasteiger charge is 2.30. The lowest BCUT2D eigenvalue weighted by molar-refractivity contribution is 0.925. The molecule has 7 aromatic rings. The van der Waals surface area contributed by atoms with E-state index in [-0.39, 0.29) is 0 Å². The van der Waals surface area contributed by atoms with Gasteiger partial charge in [-0.2, -0.15) is 0 Å². The third kappa shape index (κ3) is 7.54. The van der Waals surface area contributed by atoms with Gasteiger partial charge in [-0.25, -0.2) is 24.9 Å². The molecule has 2 aromatic heterocycles. The van der Waals surface area contributed by atoms with Gasteiger partial charge >= 0.3 is 0 Å². The molecule has 0 spiro atoms. The predicted molar refractivity (Wildman–Crippen MR) is 254 cm³/mol. The van der Waals surface area contributed by atoms with Crippen LogP contribution in [0, 0.1) is 5.92 Å². The van der Waals surface area contributed by atoms with Gasteiger partial charge in [-0.05, 0) is 94.8 Å². The summed E-state index contributed by atoms with van der Waals surface area (Å²) in [4.78, 5) is 25.6. The zero-order valence-electron chi connectivity index (χ0n) is 34.3. The molecule has 296 valence electrons. The minimum Gasteiger partial charge on any atom is -0.228 e. The number of hydrogen-bond acceptors (Lipinski definition) is 5. The van der Waals surface area contributed by atoms with Gasteiger partial charge in [0.05, 0.1) is 11.4 Å². The Hall–Kier alpha value is -7.63. The number of fused-ring (bicyclic) bond motifs is 1. The summed E-state index contributed by atoms with van der Waals surface area (Å²) in [5.41, 5.74) is 16.3. The highest BCUT2D eigenvalue weighted by Crippen LogP contribution is 2.45. The topological polar surface area (TPSA) is 64.5 Å². The molecule has 11 rings (SSSR count). The van der Waals surface area contributed by atoms with Crippen molar-refractivity contribution in [3.05, 3.63) is 217 Å². The molecule has 5 heteroatoms. The second kappa shape index (κ2) is 16.4. The van der Waals surface area contributed by atoms with Crippen LogP contribution in [0.3, 0.4) is 0 Å². The summed E-state index contributed by atoms with van der Waals surface area (Å²) in [5, 5.41) is 0. The molecule has 5 nitrogen and oxygen atoms in total. The van der Waals surface area contributed by atoms with Crippen LogP contribution in [0.1, 0.15) is 49.4 Å². The number of aromatic nitrogens is 5. The molecule has 0 N–H and O–H groups in total. The average molecular weight is 798 g/mol. The first-order chi connectivity index (χ1) is 30.7. The van der Waals surface area contributed by atoms with E-state index in [4.69, 9.17) is 24.9 Å². The largest absolute Gasteiger partial charge is 0.228 e. The minimum absolute atomic E-state index is 0.497. The van der Waals surface area contributed by atoms with E-state index in [2.05, 4.69) is 188 Å². The second-order valence-corrected chi connectivity index (χ2v) is 16.2. The van der Waals surface area contributed by atoms with Crippen LogP contribution in [0.2, 0.25) is 0 Å². The van der Waals surface area contributed by atoms with Gasteiger partial charge < -0.3 is 0 Å². The Bertz CT molecular complexity index is 3100. The lowest BCUT2D eigenvalue weighted by Crippen LogP contribution is -2.06. The predicted octanol–water partition coefficient (Wildman–Crippen LogP) is 14.0. The standard InChI is InChI=1S/C57H43N5/c1-4-18-38(19-5-1)52-37-53(50-33-11-10-24-43-36-51(43)50)59-56(58-52)44-27-16-25-41(34-44)46-29-12-14-31-48(46)49-32-15-13-30-47(49)42-26-17-28-45(35-42)57-61-54(39-20-6-2-7-21-39)60-55(62-57)40-22-8-3-9-23-40/h1-2,4-6,8,10-20,22-23,25-37,43H,3,7,9,21,24H2. The maximum atomic E-state index is 5.26. The molecule has 62 heavy (non-hydrogen) atoms. The number of rotatable bonds is 9. The molecule has 0 bridgehead atoms. The Labute approximate surface area is 362 Å². The Morgan fingerprint density at radius 3 is 1.74 bits per heavy atom. The van der Waals surface area contributed by atoms with Crippen LogP contribution in [-0.2, 0) is 0 Å². The molecule has 5 aromatic carbocycles. The van der Waals surface area contributed by atoms with Crippen molar-refractivity contribution >= 4 is 16.7 Å². The quantitative estimate of drug-likeness (QED) is 0.146. The summed E-state index contributed by atoms with van der Waals surface area (Å²) in [6.45, 7) is 0. The molecule has 0 amide bonds. The zero-order chi connectivity index (χ0) is 41.2. The molecule has 0 aliphatic heterocycles. The Kier molecular flexibility index (Phi) is 9.91. The molecule has 0 saturated carbocycles. The highest BCUT2D eigenvalue weighted by atomic mass is 15.0. The zero-order valence-corrected chi connectivity index (χ0v) is 34.3. The van der Waals surface area contributed by atoms with Crippen LogP contribution >= 0.6 is 0 Å². The van der Waals surface area contributed by atoms with Crippen LogP contribution < -0.4 is 0 Å². The van der Waals surface area contributed by atoms with Crippen LogP contribution in [0.15, 0.2) is 200 Å². The van der Waals surface area contributed by atoms with Gasteiger partial charge in [0.25, 0.3) is 0 Å². The summed E-state index contributed by atoms with van der Waals surface area (Å²) in [6, 6.07) is 47.2. The fraction of sp³-hybridized carbons (Fsp3) is 0.105. The smallest absolute Gasteiger partial charge is 0.164 e. The van der Waals surface area contributed by atoms with Gasteiger partial charge in [0, 0.05) is 33.8 Å². The van der Waals surface area contributed by atoms with E-state index >= 15 is 0 Å². The molecule has 2 heterocycles. The summed E-state index contributed by atoms with van der Waals surface area (Å²) in [7, 11) is 0. The number of allylic oxidation sites excluding steroid dienone is 14. The summed E-state index contributed by atoms with van der Waals surface area (Å²) >= 11 is 0. The van der Waals surface area contributed by atoms with Crippen molar-refractivity contribution in [2.24, 2.45) is 5.92 Å². The number of nitrogens with zero attached hydrogens (tertiary/aromatic N) is 5. The van der Waals surface area contributed by atoms with Gasteiger partial charge in [0.15, 0.2) is 23.3 Å². The fourth-order valence-corrected chi connectivity index (χ4v) is 8.78. The SMILES string of the molecule is C1=CCCC(c2nc(C3=CCCC=C3)nc(-c3cccc(-c4ccccc4-c4ccccc4-c4cccc(-c5nc(C6=CC=CCC7C=C67)cc(-c6ccccc6)n5)c4)c3)n2)=C1. The summed E-state index contributed by atoms with van der Waals surface area (Å²) in [6.07, 6.45) is 26.9. The number of benzene rings is 5. The Balaban J connectivity index is 0.981. The van der Waals surface area contributed by atoms with Crippen molar-refractivity contribution in [3.8, 4) is 67.4 Å². The minimum atomic E-state index is 0.497. The van der Waals surface area contributed by atoms with Gasteiger partial charge in [-0.1, -0.05) is 176 Å². The first kappa shape index (κ1) is 37.4. The number of hydrogen-bond donors (Lipinski definition) is 0. The average Bonchev–Trinajstić information content (AvgIpc) is 4.16. The molecule has 1 atom stereocenters. The van der Waals surface area contributed by atoms with Crippen molar-refractivity contribution in [2.45, 2.75) is 32.1 Å². The third-order valence-electron chi connectivity index (χ3n) is 12.0. The lowest BCUT2D eigenvalue weighted by Gasteiger charge is -2.16. The van der Waals surface area contributed by atoms with Gasteiger partial charge in [0.1, 0.15) is 0 Å². The lowest BCUT2D eigenvalue weighted by atomic mass is 9.88. The first-order valence-corrected chi connectivity index (χ1v) is 21.6. The van der Waals surface area contributed by atoms with E-state index in [1.54, 1.807) is 0 Å². The molecule has 4 aliphatic rings. The van der Waals surface area contributed by atoms with Crippen LogP contribution in [0.5, 0.6) is 0 Å². The van der Waals surface area contributed by atoms with Gasteiger partial charge in [-0.15, -0.1) is 0 Å².